The summed E-state index contributed by atoms with van der Waals surface area (Å²) in [6, 6.07) is 0. The Morgan fingerprint density at radius 2 is 2.04 bits per heavy atom. The van der Waals surface area contributed by atoms with Crippen LogP contribution in [0.2, 0.25) is 0 Å². The molecule has 1 saturated heterocycles. The van der Waals surface area contributed by atoms with Crippen LogP contribution in [0.3, 0.4) is 0 Å². The van der Waals surface area contributed by atoms with Crippen molar-refractivity contribution in [2.45, 2.75) is 32.8 Å². The SMILES string of the molecule is CC(C)COc1cncc(N2CCC(C(O)c3nccn3C)CC2)n1. The molecule has 2 aromatic rings. The van der Waals surface area contributed by atoms with Crippen LogP contribution in [0, 0.1) is 11.8 Å². The predicted octanol–water partition coefficient (Wildman–Crippen LogP) is 2.19. The molecule has 0 spiro atoms. The second kappa shape index (κ2) is 7.82. The van der Waals surface area contributed by atoms with Crippen LogP contribution in [0.5, 0.6) is 5.88 Å². The molecule has 7 nitrogen and oxygen atoms in total. The van der Waals surface area contributed by atoms with Crippen molar-refractivity contribution >= 4 is 5.82 Å². The average Bonchev–Trinajstić information content (AvgIpc) is 3.06. The van der Waals surface area contributed by atoms with Gasteiger partial charge in [-0.1, -0.05) is 13.8 Å². The highest BCUT2D eigenvalue weighted by Gasteiger charge is 2.29. The lowest BCUT2D eigenvalue weighted by atomic mass is 9.91. The maximum absolute atomic E-state index is 10.6. The fourth-order valence-electron chi connectivity index (χ4n) is 3.13. The van der Waals surface area contributed by atoms with Gasteiger partial charge in [0, 0.05) is 32.5 Å². The van der Waals surface area contributed by atoms with Crippen LogP contribution >= 0.6 is 0 Å². The number of hydrogen-bond donors (Lipinski definition) is 1. The van der Waals surface area contributed by atoms with E-state index >= 15 is 0 Å². The number of piperidine rings is 1. The number of aryl methyl sites for hydroxylation is 1. The van der Waals surface area contributed by atoms with Crippen molar-refractivity contribution in [3.8, 4) is 5.88 Å². The van der Waals surface area contributed by atoms with Gasteiger partial charge in [-0.05, 0) is 24.7 Å². The number of anilines is 1. The topological polar surface area (TPSA) is 76.3 Å². The molecule has 1 fully saturated rings. The van der Waals surface area contributed by atoms with Gasteiger partial charge in [-0.3, -0.25) is 4.98 Å². The number of ether oxygens (including phenoxy) is 1. The number of aliphatic hydroxyl groups is 1. The lowest BCUT2D eigenvalue weighted by Crippen LogP contribution is -2.36. The standard InChI is InChI=1S/C18H27N5O2/c1-13(2)12-25-16-11-19-10-15(21-16)23-7-4-14(5-8-23)17(24)18-20-6-9-22(18)3/h6,9-11,13-14,17,24H,4-5,7-8,12H2,1-3H3. The zero-order valence-electron chi connectivity index (χ0n) is 15.2. The smallest absolute Gasteiger partial charge is 0.234 e. The molecule has 1 N–H and O–H groups in total. The van der Waals surface area contributed by atoms with Gasteiger partial charge in [0.05, 0.1) is 19.0 Å². The van der Waals surface area contributed by atoms with Gasteiger partial charge in [0.1, 0.15) is 11.9 Å². The summed E-state index contributed by atoms with van der Waals surface area (Å²) in [6.45, 7) is 6.53. The Bertz CT molecular complexity index is 680. The van der Waals surface area contributed by atoms with Crippen molar-refractivity contribution in [1.29, 1.82) is 0 Å². The number of aromatic nitrogens is 4. The highest BCUT2D eigenvalue weighted by atomic mass is 16.5. The zero-order chi connectivity index (χ0) is 17.8. The third-order valence-corrected chi connectivity index (χ3v) is 4.60. The summed E-state index contributed by atoms with van der Waals surface area (Å²) < 4.78 is 7.56. The first-order valence-corrected chi connectivity index (χ1v) is 8.89. The van der Waals surface area contributed by atoms with E-state index in [4.69, 9.17) is 4.74 Å². The molecule has 1 unspecified atom stereocenters. The molecular formula is C18H27N5O2. The molecule has 25 heavy (non-hydrogen) atoms. The van der Waals surface area contributed by atoms with E-state index in [2.05, 4.69) is 33.7 Å². The maximum atomic E-state index is 10.6. The van der Waals surface area contributed by atoms with E-state index in [0.29, 0.717) is 18.4 Å². The lowest BCUT2D eigenvalue weighted by Gasteiger charge is -2.34. The van der Waals surface area contributed by atoms with Crippen molar-refractivity contribution in [3.63, 3.8) is 0 Å². The second-order valence-electron chi connectivity index (χ2n) is 7.09. The molecule has 3 rings (SSSR count). The minimum atomic E-state index is -0.519. The molecule has 0 amide bonds. The van der Waals surface area contributed by atoms with E-state index in [1.807, 2.05) is 17.8 Å². The molecule has 7 heteroatoms. The van der Waals surface area contributed by atoms with Crippen LogP contribution in [0.1, 0.15) is 38.6 Å². The summed E-state index contributed by atoms with van der Waals surface area (Å²) in [6.07, 6.45) is 8.30. The van der Waals surface area contributed by atoms with Crippen molar-refractivity contribution < 1.29 is 9.84 Å². The Morgan fingerprint density at radius 1 is 1.28 bits per heavy atom. The quantitative estimate of drug-likeness (QED) is 0.865. The van der Waals surface area contributed by atoms with Gasteiger partial charge in [-0.2, -0.15) is 4.98 Å². The fourth-order valence-corrected chi connectivity index (χ4v) is 3.13. The van der Waals surface area contributed by atoms with E-state index in [9.17, 15) is 5.11 Å². The predicted molar refractivity (Wildman–Crippen MR) is 95.5 cm³/mol. The monoisotopic (exact) mass is 345 g/mol. The van der Waals surface area contributed by atoms with Gasteiger partial charge < -0.3 is 19.3 Å². The van der Waals surface area contributed by atoms with Crippen molar-refractivity contribution in [1.82, 2.24) is 19.5 Å². The number of imidazole rings is 1. The molecule has 1 aliphatic heterocycles. The van der Waals surface area contributed by atoms with Crippen LogP contribution in [-0.2, 0) is 7.05 Å². The number of nitrogens with zero attached hydrogens (tertiary/aromatic N) is 5. The van der Waals surface area contributed by atoms with Crippen LogP contribution in [0.25, 0.3) is 0 Å². The maximum Gasteiger partial charge on any atom is 0.234 e. The van der Waals surface area contributed by atoms with Gasteiger partial charge in [-0.25, -0.2) is 4.98 Å². The normalized spacial score (nSPS) is 17.1. The number of rotatable bonds is 6. The van der Waals surface area contributed by atoms with Gasteiger partial charge in [0.2, 0.25) is 5.88 Å². The van der Waals surface area contributed by atoms with Crippen LogP contribution in [0.4, 0.5) is 5.82 Å². The Morgan fingerprint density at radius 3 is 2.68 bits per heavy atom. The minimum absolute atomic E-state index is 0.214. The number of aliphatic hydroxyl groups excluding tert-OH is 1. The van der Waals surface area contributed by atoms with Gasteiger partial charge in [0.15, 0.2) is 5.82 Å². The first-order valence-electron chi connectivity index (χ1n) is 8.89. The van der Waals surface area contributed by atoms with Gasteiger partial charge in [0.25, 0.3) is 0 Å². The minimum Gasteiger partial charge on any atom is -0.476 e. The molecule has 2 aromatic heterocycles. The molecule has 0 bridgehead atoms. The summed E-state index contributed by atoms with van der Waals surface area (Å²) in [5, 5.41) is 10.6. The summed E-state index contributed by atoms with van der Waals surface area (Å²) in [5.41, 5.74) is 0. The Labute approximate surface area is 148 Å². The molecule has 0 aromatic carbocycles. The van der Waals surface area contributed by atoms with E-state index in [-0.39, 0.29) is 5.92 Å². The molecule has 136 valence electrons. The average molecular weight is 345 g/mol. The van der Waals surface area contributed by atoms with Gasteiger partial charge >= 0.3 is 0 Å². The molecule has 0 radical (unpaired) electrons. The lowest BCUT2D eigenvalue weighted by molar-refractivity contribution is 0.0824. The van der Waals surface area contributed by atoms with Gasteiger partial charge in [-0.15, -0.1) is 0 Å². The summed E-state index contributed by atoms with van der Waals surface area (Å²) in [4.78, 5) is 15.3. The Hall–Kier alpha value is -2.15. The molecule has 0 saturated carbocycles. The second-order valence-corrected chi connectivity index (χ2v) is 7.09. The molecular weight excluding hydrogens is 318 g/mol. The summed E-state index contributed by atoms with van der Waals surface area (Å²) >= 11 is 0. The van der Waals surface area contributed by atoms with Crippen molar-refractivity contribution in [3.05, 3.63) is 30.6 Å². The first-order chi connectivity index (χ1) is 12.0. The van der Waals surface area contributed by atoms with Crippen LogP contribution in [0.15, 0.2) is 24.8 Å². The molecule has 1 atom stereocenters. The van der Waals surface area contributed by atoms with Crippen molar-refractivity contribution in [2.24, 2.45) is 18.9 Å². The molecule has 0 aliphatic carbocycles. The largest absolute Gasteiger partial charge is 0.476 e. The summed E-state index contributed by atoms with van der Waals surface area (Å²) in [7, 11) is 1.92. The van der Waals surface area contributed by atoms with Crippen molar-refractivity contribution in [2.75, 3.05) is 24.6 Å². The Balaban J connectivity index is 1.59. The third kappa shape index (κ3) is 4.28. The molecule has 1 aliphatic rings. The first kappa shape index (κ1) is 17.7. The Kier molecular flexibility index (Phi) is 5.53. The van der Waals surface area contributed by atoms with E-state index in [0.717, 1.165) is 37.6 Å². The fraction of sp³-hybridized carbons (Fsp3) is 0.611. The highest BCUT2D eigenvalue weighted by Crippen LogP contribution is 2.31. The van der Waals surface area contributed by atoms with E-state index in [1.54, 1.807) is 18.6 Å². The highest BCUT2D eigenvalue weighted by molar-refractivity contribution is 5.38. The zero-order valence-corrected chi connectivity index (χ0v) is 15.2. The third-order valence-electron chi connectivity index (χ3n) is 4.60. The van der Waals surface area contributed by atoms with E-state index < -0.39 is 6.10 Å². The molecule has 3 heterocycles. The number of hydrogen-bond acceptors (Lipinski definition) is 6. The van der Waals surface area contributed by atoms with Crippen LogP contribution < -0.4 is 9.64 Å². The van der Waals surface area contributed by atoms with Crippen LogP contribution in [-0.4, -0.2) is 44.3 Å². The summed E-state index contributed by atoms with van der Waals surface area (Å²) in [5.74, 6) is 2.81. The van der Waals surface area contributed by atoms with E-state index in [1.165, 1.54) is 0 Å².